The molecular formula is C24H20FNO3. The van der Waals surface area contributed by atoms with Crippen molar-refractivity contribution >= 4 is 11.8 Å². The summed E-state index contributed by atoms with van der Waals surface area (Å²) in [6.45, 7) is 2.36. The van der Waals surface area contributed by atoms with Crippen molar-refractivity contribution in [3.63, 3.8) is 0 Å². The first-order chi connectivity index (χ1) is 14.0. The van der Waals surface area contributed by atoms with E-state index in [0.717, 1.165) is 5.56 Å². The van der Waals surface area contributed by atoms with Crippen molar-refractivity contribution in [2.45, 2.75) is 19.3 Å². The highest BCUT2D eigenvalue weighted by Gasteiger charge is 2.34. The van der Waals surface area contributed by atoms with Crippen LogP contribution in [0.2, 0.25) is 0 Å². The molecule has 4 rings (SSSR count). The summed E-state index contributed by atoms with van der Waals surface area (Å²) < 4.78 is 19.1. The number of halogens is 1. The summed E-state index contributed by atoms with van der Waals surface area (Å²) in [5.74, 6) is 0.471. The summed E-state index contributed by atoms with van der Waals surface area (Å²) >= 11 is 0. The Labute approximate surface area is 168 Å². The molecule has 2 amide bonds. The molecule has 1 heterocycles. The predicted molar refractivity (Wildman–Crippen MR) is 108 cm³/mol. The molecule has 1 aliphatic rings. The van der Waals surface area contributed by atoms with Gasteiger partial charge in [-0.25, -0.2) is 4.39 Å². The first kappa shape index (κ1) is 18.9. The van der Waals surface area contributed by atoms with Crippen LogP contribution in [0.15, 0.2) is 72.8 Å². The highest BCUT2D eigenvalue weighted by Crippen LogP contribution is 2.33. The zero-order chi connectivity index (χ0) is 20.4. The molecule has 0 radical (unpaired) electrons. The monoisotopic (exact) mass is 389 g/mol. The molecule has 29 heavy (non-hydrogen) atoms. The maximum atomic E-state index is 13.1. The molecule has 0 fully saturated rings. The lowest BCUT2D eigenvalue weighted by atomic mass is 9.96. The van der Waals surface area contributed by atoms with Crippen LogP contribution >= 0.6 is 0 Å². The first-order valence-corrected chi connectivity index (χ1v) is 9.52. The number of carbonyl (C=O) groups excluding carboxylic acids is 2. The molecule has 0 bridgehead atoms. The van der Waals surface area contributed by atoms with Gasteiger partial charge in [0.2, 0.25) is 0 Å². The molecule has 3 aromatic carbocycles. The number of ether oxygens (including phenoxy) is 1. The molecule has 0 saturated carbocycles. The SMILES string of the molecule is CC(CCN1C(=O)c2ccccc2C1=O)c1ccccc1Oc1ccc(F)cc1. The number of para-hydroxylation sites is 1. The molecule has 1 unspecified atom stereocenters. The van der Waals surface area contributed by atoms with Gasteiger partial charge in [-0.2, -0.15) is 0 Å². The molecule has 3 aromatic rings. The predicted octanol–water partition coefficient (Wildman–Crippen LogP) is 5.41. The van der Waals surface area contributed by atoms with Gasteiger partial charge in [-0.1, -0.05) is 37.3 Å². The molecule has 0 aromatic heterocycles. The summed E-state index contributed by atoms with van der Waals surface area (Å²) in [7, 11) is 0. The van der Waals surface area contributed by atoms with Gasteiger partial charge in [-0.05, 0) is 60.4 Å². The normalized spacial score (nSPS) is 14.1. The number of imide groups is 1. The second-order valence-electron chi connectivity index (χ2n) is 7.09. The number of rotatable bonds is 6. The van der Waals surface area contributed by atoms with E-state index in [-0.39, 0.29) is 23.5 Å². The minimum absolute atomic E-state index is 0.0518. The van der Waals surface area contributed by atoms with Gasteiger partial charge in [-0.15, -0.1) is 0 Å². The molecule has 0 saturated heterocycles. The summed E-state index contributed by atoms with van der Waals surface area (Å²) in [6, 6.07) is 20.4. The standard InChI is InChI=1S/C24H20FNO3/c1-16(14-15-26-23(27)20-7-2-3-8-21(20)24(26)28)19-6-4-5-9-22(19)29-18-12-10-17(25)11-13-18/h2-13,16H,14-15H2,1H3. The maximum Gasteiger partial charge on any atom is 0.261 e. The topological polar surface area (TPSA) is 46.6 Å². The Morgan fingerprint density at radius 2 is 1.45 bits per heavy atom. The Balaban J connectivity index is 1.47. The van der Waals surface area contributed by atoms with Crippen LogP contribution in [-0.4, -0.2) is 23.3 Å². The van der Waals surface area contributed by atoms with Crippen molar-refractivity contribution in [3.8, 4) is 11.5 Å². The van der Waals surface area contributed by atoms with Crippen LogP contribution in [0.3, 0.4) is 0 Å². The minimum Gasteiger partial charge on any atom is -0.457 e. The molecule has 1 aliphatic heterocycles. The number of hydrogen-bond donors (Lipinski definition) is 0. The van der Waals surface area contributed by atoms with E-state index in [1.807, 2.05) is 31.2 Å². The smallest absolute Gasteiger partial charge is 0.261 e. The Morgan fingerprint density at radius 3 is 2.10 bits per heavy atom. The minimum atomic E-state index is -0.319. The van der Waals surface area contributed by atoms with Gasteiger partial charge in [-0.3, -0.25) is 14.5 Å². The number of benzene rings is 3. The third-order valence-electron chi connectivity index (χ3n) is 5.16. The average Bonchev–Trinajstić information content (AvgIpc) is 2.99. The number of carbonyl (C=O) groups is 2. The molecular weight excluding hydrogens is 369 g/mol. The summed E-state index contributed by atoms with van der Waals surface area (Å²) in [4.78, 5) is 26.4. The molecule has 5 heteroatoms. The van der Waals surface area contributed by atoms with Crippen LogP contribution in [0.4, 0.5) is 4.39 Å². The Kier molecular flexibility index (Phi) is 5.12. The van der Waals surface area contributed by atoms with Crippen LogP contribution in [0.1, 0.15) is 45.5 Å². The fraction of sp³-hybridized carbons (Fsp3) is 0.167. The maximum absolute atomic E-state index is 13.1. The van der Waals surface area contributed by atoms with E-state index in [0.29, 0.717) is 35.6 Å². The zero-order valence-corrected chi connectivity index (χ0v) is 16.0. The Morgan fingerprint density at radius 1 is 0.862 bits per heavy atom. The van der Waals surface area contributed by atoms with E-state index in [1.165, 1.54) is 17.0 Å². The van der Waals surface area contributed by atoms with Crippen LogP contribution < -0.4 is 4.74 Å². The second kappa shape index (κ2) is 7.87. The third-order valence-corrected chi connectivity index (χ3v) is 5.16. The lowest BCUT2D eigenvalue weighted by Crippen LogP contribution is -2.31. The van der Waals surface area contributed by atoms with Crippen LogP contribution in [-0.2, 0) is 0 Å². The van der Waals surface area contributed by atoms with Gasteiger partial charge in [0.05, 0.1) is 11.1 Å². The van der Waals surface area contributed by atoms with Gasteiger partial charge in [0.1, 0.15) is 17.3 Å². The van der Waals surface area contributed by atoms with E-state index >= 15 is 0 Å². The molecule has 0 spiro atoms. The van der Waals surface area contributed by atoms with E-state index < -0.39 is 0 Å². The molecule has 0 N–H and O–H groups in total. The van der Waals surface area contributed by atoms with Crippen LogP contribution in [0, 0.1) is 5.82 Å². The number of amides is 2. The number of fused-ring (bicyclic) bond motifs is 1. The van der Waals surface area contributed by atoms with Crippen molar-refractivity contribution in [1.82, 2.24) is 4.90 Å². The van der Waals surface area contributed by atoms with Crippen molar-refractivity contribution in [2.75, 3.05) is 6.54 Å². The van der Waals surface area contributed by atoms with E-state index in [9.17, 15) is 14.0 Å². The van der Waals surface area contributed by atoms with E-state index in [2.05, 4.69) is 0 Å². The average molecular weight is 389 g/mol. The lowest BCUT2D eigenvalue weighted by molar-refractivity contribution is 0.0650. The summed E-state index contributed by atoms with van der Waals surface area (Å²) in [5.41, 5.74) is 1.89. The van der Waals surface area contributed by atoms with E-state index in [4.69, 9.17) is 4.74 Å². The van der Waals surface area contributed by atoms with Crippen molar-refractivity contribution in [2.24, 2.45) is 0 Å². The molecule has 4 nitrogen and oxygen atoms in total. The quantitative estimate of drug-likeness (QED) is 0.530. The van der Waals surface area contributed by atoms with Crippen LogP contribution in [0.5, 0.6) is 11.5 Å². The molecule has 0 aliphatic carbocycles. The van der Waals surface area contributed by atoms with Crippen molar-refractivity contribution < 1.29 is 18.7 Å². The molecule has 146 valence electrons. The molecule has 1 atom stereocenters. The van der Waals surface area contributed by atoms with Gasteiger partial charge in [0.15, 0.2) is 0 Å². The summed E-state index contributed by atoms with van der Waals surface area (Å²) in [5, 5.41) is 0. The fourth-order valence-electron chi connectivity index (χ4n) is 3.53. The highest BCUT2D eigenvalue weighted by atomic mass is 19.1. The highest BCUT2D eigenvalue weighted by molar-refractivity contribution is 6.21. The van der Waals surface area contributed by atoms with Gasteiger partial charge >= 0.3 is 0 Å². The van der Waals surface area contributed by atoms with Gasteiger partial charge in [0.25, 0.3) is 11.8 Å². The van der Waals surface area contributed by atoms with Crippen molar-refractivity contribution in [1.29, 1.82) is 0 Å². The lowest BCUT2D eigenvalue weighted by Gasteiger charge is -2.20. The summed E-state index contributed by atoms with van der Waals surface area (Å²) in [6.07, 6.45) is 0.606. The largest absolute Gasteiger partial charge is 0.457 e. The Bertz CT molecular complexity index is 1030. The number of hydrogen-bond acceptors (Lipinski definition) is 3. The van der Waals surface area contributed by atoms with Crippen LogP contribution in [0.25, 0.3) is 0 Å². The fourth-order valence-corrected chi connectivity index (χ4v) is 3.53. The Hall–Kier alpha value is -3.47. The van der Waals surface area contributed by atoms with Crippen molar-refractivity contribution in [3.05, 3.63) is 95.3 Å². The van der Waals surface area contributed by atoms with Gasteiger partial charge in [0, 0.05) is 6.54 Å². The third kappa shape index (κ3) is 3.76. The zero-order valence-electron chi connectivity index (χ0n) is 16.0. The van der Waals surface area contributed by atoms with E-state index in [1.54, 1.807) is 36.4 Å². The first-order valence-electron chi connectivity index (χ1n) is 9.52. The van der Waals surface area contributed by atoms with Gasteiger partial charge < -0.3 is 4.74 Å². The second-order valence-corrected chi connectivity index (χ2v) is 7.09. The number of nitrogens with zero attached hydrogens (tertiary/aromatic N) is 1.